The first-order valence-electron chi connectivity index (χ1n) is 7.98. The Morgan fingerprint density at radius 3 is 2.65 bits per heavy atom. The fourth-order valence-electron chi connectivity index (χ4n) is 2.13. The molecule has 0 saturated heterocycles. The number of nitrogens with two attached hydrogens (primary N) is 1. The fraction of sp³-hybridized carbons (Fsp3) is 0.588. The van der Waals surface area contributed by atoms with Crippen LogP contribution in [0, 0.1) is 0 Å². The molecule has 0 radical (unpaired) electrons. The molecule has 0 heterocycles. The Morgan fingerprint density at radius 2 is 2.00 bits per heavy atom. The Bertz CT molecular complexity index is 420. The Labute approximate surface area is 150 Å². The molecule has 1 unspecified atom stereocenters. The van der Waals surface area contributed by atoms with Crippen molar-refractivity contribution in [2.24, 2.45) is 5.73 Å². The van der Waals surface area contributed by atoms with Crippen LogP contribution in [0.15, 0.2) is 30.3 Å². The van der Waals surface area contributed by atoms with E-state index in [0.717, 1.165) is 30.8 Å². The van der Waals surface area contributed by atoms with Gasteiger partial charge in [-0.15, -0.1) is 12.4 Å². The Morgan fingerprint density at radius 1 is 1.30 bits per heavy atom. The van der Waals surface area contributed by atoms with Gasteiger partial charge in [0.05, 0.1) is 0 Å². The van der Waals surface area contributed by atoms with Gasteiger partial charge in [-0.25, -0.2) is 0 Å². The van der Waals surface area contributed by atoms with Gasteiger partial charge in [0.2, 0.25) is 5.91 Å². The number of benzene rings is 1. The number of unbranched alkanes of at least 4 members (excludes halogenated alkanes) is 1. The van der Waals surface area contributed by atoms with Crippen LogP contribution in [-0.4, -0.2) is 41.2 Å². The van der Waals surface area contributed by atoms with Crippen molar-refractivity contribution in [2.45, 2.75) is 44.8 Å². The molecular formula is C17H29ClN2O2S. The molecular weight excluding hydrogens is 332 g/mol. The molecule has 2 atom stereocenters. The van der Waals surface area contributed by atoms with E-state index in [1.807, 2.05) is 18.2 Å². The minimum absolute atomic E-state index is 0. The summed E-state index contributed by atoms with van der Waals surface area (Å²) in [6, 6.07) is 9.80. The molecule has 0 bridgehead atoms. The molecule has 0 aliphatic rings. The number of hydrogen-bond donors (Lipinski definition) is 3. The van der Waals surface area contributed by atoms with E-state index in [-0.39, 0.29) is 18.3 Å². The van der Waals surface area contributed by atoms with E-state index in [4.69, 9.17) is 5.73 Å². The second kappa shape index (κ2) is 13.7. The molecule has 1 rings (SSSR count). The highest BCUT2D eigenvalue weighted by atomic mass is 35.5. The lowest BCUT2D eigenvalue weighted by Crippen LogP contribution is -2.46. The molecule has 0 aliphatic heterocycles. The van der Waals surface area contributed by atoms with Crippen molar-refractivity contribution in [1.29, 1.82) is 0 Å². The maximum absolute atomic E-state index is 11.8. The van der Waals surface area contributed by atoms with Crippen LogP contribution in [0.2, 0.25) is 0 Å². The topological polar surface area (TPSA) is 75.3 Å². The number of hydrogen-bond acceptors (Lipinski definition) is 4. The summed E-state index contributed by atoms with van der Waals surface area (Å²) in [6.07, 6.45) is 2.47. The first kappa shape index (κ1) is 22.2. The highest BCUT2D eigenvalue weighted by molar-refractivity contribution is 7.99. The average molecular weight is 361 g/mol. The first-order valence-corrected chi connectivity index (χ1v) is 9.13. The zero-order chi connectivity index (χ0) is 16.2. The predicted octanol–water partition coefficient (Wildman–Crippen LogP) is 2.38. The maximum atomic E-state index is 11.8. The fourth-order valence-corrected chi connectivity index (χ4v) is 2.86. The van der Waals surface area contributed by atoms with Gasteiger partial charge in [-0.05, 0) is 42.8 Å². The van der Waals surface area contributed by atoms with Crippen LogP contribution >= 0.6 is 24.2 Å². The lowest BCUT2D eigenvalue weighted by atomic mass is 10.1. The Kier molecular flexibility index (Phi) is 13.2. The number of carbonyl (C=O) groups is 1. The number of nitrogens with one attached hydrogen (secondary N) is 1. The number of thioether (sulfide) groups is 1. The molecule has 0 saturated carbocycles. The van der Waals surface area contributed by atoms with E-state index < -0.39 is 12.1 Å². The standard InChI is InChI=1S/C17H28N2O2S.ClH/c1-2-22-13-11-15(18)16(20)17(21)19-12-7-6-10-14-8-4-3-5-9-14;/h3-5,8-9,15-16,20H,2,6-7,10-13,18H2,1H3,(H,19,21);1H/t15-,16?;/m1./s1. The average Bonchev–Trinajstić information content (AvgIpc) is 2.54. The zero-order valence-electron chi connectivity index (χ0n) is 13.7. The molecule has 23 heavy (non-hydrogen) atoms. The number of aliphatic hydroxyl groups is 1. The maximum Gasteiger partial charge on any atom is 0.250 e. The van der Waals surface area contributed by atoms with Crippen molar-refractivity contribution in [2.75, 3.05) is 18.1 Å². The van der Waals surface area contributed by atoms with Crippen molar-refractivity contribution >= 4 is 30.1 Å². The Balaban J connectivity index is 0.00000484. The largest absolute Gasteiger partial charge is 0.382 e. The quantitative estimate of drug-likeness (QED) is 0.529. The van der Waals surface area contributed by atoms with Gasteiger partial charge in [0.25, 0.3) is 0 Å². The summed E-state index contributed by atoms with van der Waals surface area (Å²) in [5, 5.41) is 12.6. The minimum atomic E-state index is -1.11. The van der Waals surface area contributed by atoms with Crippen molar-refractivity contribution < 1.29 is 9.90 Å². The van der Waals surface area contributed by atoms with Gasteiger partial charge < -0.3 is 16.2 Å². The third-order valence-corrected chi connectivity index (χ3v) is 4.44. The van der Waals surface area contributed by atoms with E-state index in [9.17, 15) is 9.90 Å². The van der Waals surface area contributed by atoms with Crippen LogP contribution < -0.4 is 11.1 Å². The molecule has 6 heteroatoms. The summed E-state index contributed by atoms with van der Waals surface area (Å²) in [5.41, 5.74) is 7.15. The molecule has 1 aromatic carbocycles. The highest BCUT2D eigenvalue weighted by Crippen LogP contribution is 2.06. The third kappa shape index (κ3) is 9.87. The molecule has 0 fully saturated rings. The lowest BCUT2D eigenvalue weighted by molar-refractivity contribution is -0.130. The smallest absolute Gasteiger partial charge is 0.250 e. The Hall–Kier alpha value is -0.750. The van der Waals surface area contributed by atoms with Crippen LogP contribution in [0.1, 0.15) is 31.7 Å². The number of rotatable bonds is 11. The van der Waals surface area contributed by atoms with Gasteiger partial charge in [0, 0.05) is 12.6 Å². The monoisotopic (exact) mass is 360 g/mol. The van der Waals surface area contributed by atoms with Crippen LogP contribution in [0.3, 0.4) is 0 Å². The minimum Gasteiger partial charge on any atom is -0.382 e. The molecule has 0 aliphatic carbocycles. The summed E-state index contributed by atoms with van der Waals surface area (Å²) < 4.78 is 0. The summed E-state index contributed by atoms with van der Waals surface area (Å²) in [5.74, 6) is 1.55. The van der Waals surface area contributed by atoms with Crippen molar-refractivity contribution in [1.82, 2.24) is 5.32 Å². The van der Waals surface area contributed by atoms with Crippen molar-refractivity contribution in [3.63, 3.8) is 0 Å². The molecule has 1 amide bonds. The number of aliphatic hydroxyl groups excluding tert-OH is 1. The van der Waals surface area contributed by atoms with Crippen molar-refractivity contribution in [3.05, 3.63) is 35.9 Å². The zero-order valence-corrected chi connectivity index (χ0v) is 15.4. The molecule has 0 aromatic heterocycles. The van der Waals surface area contributed by atoms with E-state index in [1.165, 1.54) is 5.56 Å². The molecule has 132 valence electrons. The second-order valence-electron chi connectivity index (χ2n) is 5.33. The van der Waals surface area contributed by atoms with Crippen LogP contribution in [0.4, 0.5) is 0 Å². The SMILES string of the molecule is CCSCC[C@@H](N)C(O)C(=O)NCCCCc1ccccc1.Cl. The number of halogens is 1. The molecule has 4 nitrogen and oxygen atoms in total. The first-order chi connectivity index (χ1) is 10.6. The molecule has 4 N–H and O–H groups in total. The van der Waals surface area contributed by atoms with Crippen LogP contribution in [-0.2, 0) is 11.2 Å². The van der Waals surface area contributed by atoms with Gasteiger partial charge >= 0.3 is 0 Å². The van der Waals surface area contributed by atoms with E-state index >= 15 is 0 Å². The number of amides is 1. The van der Waals surface area contributed by atoms with E-state index in [0.29, 0.717) is 13.0 Å². The number of carbonyl (C=O) groups excluding carboxylic acids is 1. The van der Waals surface area contributed by atoms with Gasteiger partial charge in [-0.3, -0.25) is 4.79 Å². The van der Waals surface area contributed by atoms with E-state index in [1.54, 1.807) is 11.8 Å². The second-order valence-corrected chi connectivity index (χ2v) is 6.72. The summed E-state index contributed by atoms with van der Waals surface area (Å²) in [4.78, 5) is 11.8. The van der Waals surface area contributed by atoms with Gasteiger partial charge in [0.15, 0.2) is 0 Å². The van der Waals surface area contributed by atoms with Crippen LogP contribution in [0.25, 0.3) is 0 Å². The number of aryl methyl sites for hydroxylation is 1. The van der Waals surface area contributed by atoms with Gasteiger partial charge in [0.1, 0.15) is 6.10 Å². The summed E-state index contributed by atoms with van der Waals surface area (Å²) in [6.45, 7) is 2.66. The highest BCUT2D eigenvalue weighted by Gasteiger charge is 2.21. The molecule has 1 aromatic rings. The van der Waals surface area contributed by atoms with Crippen molar-refractivity contribution in [3.8, 4) is 0 Å². The van der Waals surface area contributed by atoms with Gasteiger partial charge in [-0.2, -0.15) is 11.8 Å². The van der Waals surface area contributed by atoms with Crippen LogP contribution in [0.5, 0.6) is 0 Å². The summed E-state index contributed by atoms with van der Waals surface area (Å²) >= 11 is 1.77. The predicted molar refractivity (Wildman–Crippen MR) is 101 cm³/mol. The third-order valence-electron chi connectivity index (χ3n) is 3.51. The van der Waals surface area contributed by atoms with E-state index in [2.05, 4.69) is 24.4 Å². The lowest BCUT2D eigenvalue weighted by Gasteiger charge is -2.18. The normalized spacial score (nSPS) is 13.0. The van der Waals surface area contributed by atoms with Gasteiger partial charge in [-0.1, -0.05) is 37.3 Å². The molecule has 0 spiro atoms. The summed E-state index contributed by atoms with van der Waals surface area (Å²) in [7, 11) is 0.